The zero-order chi connectivity index (χ0) is 26.5. The number of thioether (sulfide) groups is 1. The minimum Gasteiger partial charge on any atom is -0.480 e. The topological polar surface area (TPSA) is 89.9 Å². The van der Waals surface area contributed by atoms with Crippen LogP contribution in [0.4, 0.5) is 0 Å². The number of aliphatic carboxylic acids is 1. The highest BCUT2D eigenvalue weighted by molar-refractivity contribution is 8.00. The van der Waals surface area contributed by atoms with Crippen molar-refractivity contribution >= 4 is 40.3 Å². The van der Waals surface area contributed by atoms with Crippen molar-refractivity contribution in [2.45, 2.75) is 43.9 Å². The van der Waals surface area contributed by atoms with Crippen LogP contribution in [0.2, 0.25) is 0 Å². The minimum absolute atomic E-state index is 0.0319. The van der Waals surface area contributed by atoms with Crippen molar-refractivity contribution < 1.29 is 19.5 Å². The van der Waals surface area contributed by atoms with Gasteiger partial charge in [0.25, 0.3) is 0 Å². The number of benzene rings is 3. The first-order valence-corrected chi connectivity index (χ1v) is 14.3. The van der Waals surface area contributed by atoms with Crippen LogP contribution >= 0.6 is 11.8 Å². The van der Waals surface area contributed by atoms with Crippen LogP contribution in [-0.2, 0) is 27.3 Å². The highest BCUT2D eigenvalue weighted by Crippen LogP contribution is 2.25. The summed E-state index contributed by atoms with van der Waals surface area (Å²) >= 11 is 1.39. The first-order chi connectivity index (χ1) is 18.5. The Balaban J connectivity index is 1.34. The summed E-state index contributed by atoms with van der Waals surface area (Å²) in [5.41, 5.74) is 2.00. The van der Waals surface area contributed by atoms with Gasteiger partial charge < -0.3 is 20.2 Å². The van der Waals surface area contributed by atoms with E-state index in [9.17, 15) is 19.5 Å². The van der Waals surface area contributed by atoms with Crippen molar-refractivity contribution in [3.8, 4) is 0 Å². The molecule has 8 heteroatoms. The summed E-state index contributed by atoms with van der Waals surface area (Å²) < 4.78 is 0. The lowest BCUT2D eigenvalue weighted by Crippen LogP contribution is -2.56. The van der Waals surface area contributed by atoms with Crippen LogP contribution in [0.15, 0.2) is 72.8 Å². The van der Waals surface area contributed by atoms with Crippen molar-refractivity contribution in [3.05, 3.63) is 83.9 Å². The predicted molar refractivity (Wildman–Crippen MR) is 150 cm³/mol. The summed E-state index contributed by atoms with van der Waals surface area (Å²) in [6.45, 7) is 1.42. The summed E-state index contributed by atoms with van der Waals surface area (Å²) in [7, 11) is 0. The van der Waals surface area contributed by atoms with Crippen LogP contribution in [-0.4, -0.2) is 75.4 Å². The van der Waals surface area contributed by atoms with Crippen LogP contribution < -0.4 is 5.32 Å². The average molecular weight is 532 g/mol. The molecule has 3 atom stereocenters. The fourth-order valence-electron chi connectivity index (χ4n) is 5.56. The molecule has 2 amide bonds. The molecule has 3 aromatic rings. The third kappa shape index (κ3) is 5.87. The second kappa shape index (κ2) is 12.0. The number of fused-ring (bicyclic) bond motifs is 2. The Bertz CT molecular complexity index is 1300. The Morgan fingerprint density at radius 3 is 2.61 bits per heavy atom. The lowest BCUT2D eigenvalue weighted by molar-refractivity contribution is -0.150. The van der Waals surface area contributed by atoms with Gasteiger partial charge in [0.2, 0.25) is 11.8 Å². The Labute approximate surface area is 227 Å². The van der Waals surface area contributed by atoms with E-state index in [0.29, 0.717) is 18.8 Å². The van der Waals surface area contributed by atoms with E-state index in [1.807, 2.05) is 53.4 Å². The summed E-state index contributed by atoms with van der Waals surface area (Å²) in [6.07, 6.45) is 1.84. The van der Waals surface area contributed by atoms with Gasteiger partial charge in [-0.3, -0.25) is 9.59 Å². The molecule has 2 aliphatic rings. The third-order valence-corrected chi connectivity index (χ3v) is 8.57. The summed E-state index contributed by atoms with van der Waals surface area (Å²) in [6, 6.07) is 22.2. The SMILES string of the molecule is O=C(O)[C@H](Cc1ccccc1)N1C[C@H]2CCCN2C(=O)[C@@H](NCc2cccc3ccccc23)CSCC1=O. The van der Waals surface area contributed by atoms with Gasteiger partial charge in [-0.2, -0.15) is 0 Å². The van der Waals surface area contributed by atoms with Crippen LogP contribution in [0.5, 0.6) is 0 Å². The number of rotatable bonds is 7. The quantitative estimate of drug-likeness (QED) is 0.485. The maximum absolute atomic E-state index is 13.7. The average Bonchev–Trinajstić information content (AvgIpc) is 3.40. The molecule has 2 fully saturated rings. The number of carbonyl (C=O) groups is 3. The highest BCUT2D eigenvalue weighted by atomic mass is 32.2. The number of nitrogens with zero attached hydrogens (tertiary/aromatic N) is 2. The lowest BCUT2D eigenvalue weighted by atomic mass is 10.0. The number of amides is 2. The van der Waals surface area contributed by atoms with Gasteiger partial charge in [-0.25, -0.2) is 4.79 Å². The normalized spacial score (nSPS) is 21.4. The second-order valence-corrected chi connectivity index (χ2v) is 11.0. The number of nitrogens with one attached hydrogen (secondary N) is 1. The van der Waals surface area contributed by atoms with Gasteiger partial charge in [0.1, 0.15) is 6.04 Å². The largest absolute Gasteiger partial charge is 0.480 e. The van der Waals surface area contributed by atoms with Crippen molar-refractivity contribution in [1.29, 1.82) is 0 Å². The second-order valence-electron chi connectivity index (χ2n) is 10.0. The smallest absolute Gasteiger partial charge is 0.326 e. The van der Waals surface area contributed by atoms with E-state index >= 15 is 0 Å². The van der Waals surface area contributed by atoms with Crippen LogP contribution in [0.1, 0.15) is 24.0 Å². The van der Waals surface area contributed by atoms with Crippen molar-refractivity contribution in [1.82, 2.24) is 15.1 Å². The monoisotopic (exact) mass is 531 g/mol. The molecule has 0 saturated carbocycles. The molecule has 0 spiro atoms. The fourth-order valence-corrected chi connectivity index (χ4v) is 6.51. The molecule has 2 heterocycles. The van der Waals surface area contributed by atoms with Gasteiger partial charge in [-0.05, 0) is 34.7 Å². The zero-order valence-electron chi connectivity index (χ0n) is 21.3. The van der Waals surface area contributed by atoms with E-state index in [-0.39, 0.29) is 36.6 Å². The van der Waals surface area contributed by atoms with E-state index in [0.717, 1.165) is 34.7 Å². The third-order valence-electron chi connectivity index (χ3n) is 7.55. The number of carboxylic acids is 1. The number of carboxylic acid groups (broad SMARTS) is 1. The van der Waals surface area contributed by atoms with Crippen LogP contribution in [0, 0.1) is 0 Å². The predicted octanol–water partition coefficient (Wildman–Crippen LogP) is 3.56. The molecule has 2 aliphatic heterocycles. The summed E-state index contributed by atoms with van der Waals surface area (Å²) in [4.78, 5) is 42.8. The molecule has 0 unspecified atom stereocenters. The molecule has 0 aromatic heterocycles. The Hall–Kier alpha value is -3.36. The Morgan fingerprint density at radius 2 is 1.79 bits per heavy atom. The van der Waals surface area contributed by atoms with Crippen molar-refractivity contribution in [2.24, 2.45) is 0 Å². The van der Waals surface area contributed by atoms with E-state index < -0.39 is 18.1 Å². The van der Waals surface area contributed by atoms with Gasteiger partial charge in [0.15, 0.2) is 0 Å². The van der Waals surface area contributed by atoms with Gasteiger partial charge >= 0.3 is 5.97 Å². The van der Waals surface area contributed by atoms with Gasteiger partial charge in [0.05, 0.1) is 11.8 Å². The molecule has 7 nitrogen and oxygen atoms in total. The Morgan fingerprint density at radius 1 is 1.03 bits per heavy atom. The van der Waals surface area contributed by atoms with E-state index in [2.05, 4.69) is 29.6 Å². The molecule has 3 aromatic carbocycles. The standard InChI is InChI=1S/C30H33N3O4S/c34-28-20-38-19-26(31-17-23-12-6-11-22-10-4-5-14-25(22)23)29(35)32-15-7-13-24(32)18-33(28)27(30(36)37)16-21-8-2-1-3-9-21/h1-6,8-12,14,24,26-27,31H,7,13,15-20H2,(H,36,37)/t24-,26+,27+/m1/s1. The lowest BCUT2D eigenvalue weighted by Gasteiger charge is -2.37. The first-order valence-electron chi connectivity index (χ1n) is 13.2. The fraction of sp³-hybridized carbons (Fsp3) is 0.367. The molecule has 0 bridgehead atoms. The number of hydrogen-bond donors (Lipinski definition) is 2. The molecular formula is C30H33N3O4S. The molecule has 38 heavy (non-hydrogen) atoms. The van der Waals surface area contributed by atoms with E-state index in [1.54, 1.807) is 0 Å². The molecule has 2 N–H and O–H groups in total. The maximum atomic E-state index is 13.7. The molecular weight excluding hydrogens is 498 g/mol. The molecule has 0 aliphatic carbocycles. The first kappa shape index (κ1) is 26.3. The molecule has 0 radical (unpaired) electrons. The molecule has 198 valence electrons. The summed E-state index contributed by atoms with van der Waals surface area (Å²) in [5.74, 6) is -0.583. The van der Waals surface area contributed by atoms with Crippen LogP contribution in [0.3, 0.4) is 0 Å². The van der Waals surface area contributed by atoms with Crippen molar-refractivity contribution in [3.63, 3.8) is 0 Å². The van der Waals surface area contributed by atoms with Gasteiger partial charge in [0, 0.05) is 37.8 Å². The van der Waals surface area contributed by atoms with Crippen molar-refractivity contribution in [2.75, 3.05) is 24.6 Å². The zero-order valence-corrected chi connectivity index (χ0v) is 22.1. The maximum Gasteiger partial charge on any atom is 0.326 e. The number of carbonyl (C=O) groups excluding carboxylic acids is 2. The van der Waals surface area contributed by atoms with E-state index in [4.69, 9.17) is 0 Å². The van der Waals surface area contributed by atoms with Gasteiger partial charge in [-0.1, -0.05) is 72.8 Å². The summed E-state index contributed by atoms with van der Waals surface area (Å²) in [5, 5.41) is 15.9. The minimum atomic E-state index is -1.02. The molecule has 5 rings (SSSR count). The van der Waals surface area contributed by atoms with E-state index in [1.165, 1.54) is 16.7 Å². The van der Waals surface area contributed by atoms with Crippen LogP contribution in [0.25, 0.3) is 10.8 Å². The molecule has 2 saturated heterocycles. The highest BCUT2D eigenvalue weighted by Gasteiger charge is 2.39. The Kier molecular flexibility index (Phi) is 8.29. The number of hydrogen-bond acceptors (Lipinski definition) is 5. The van der Waals surface area contributed by atoms with Gasteiger partial charge in [-0.15, -0.1) is 11.8 Å².